The molecule has 0 atom stereocenters. The molecule has 0 aromatic carbocycles. The summed E-state index contributed by atoms with van der Waals surface area (Å²) in [6.07, 6.45) is 1.93. The molecule has 1 aliphatic rings. The van der Waals surface area contributed by atoms with Gasteiger partial charge in [-0.25, -0.2) is 0 Å². The smallest absolute Gasteiger partial charge is 0.232 e. The Hall–Kier alpha value is -0.440. The van der Waals surface area contributed by atoms with E-state index in [-0.39, 0.29) is 11.3 Å². The highest BCUT2D eigenvalue weighted by molar-refractivity contribution is 7.80. The SMILES string of the molecule is CC(C)(C)C(=O)N1CCCC1=S. The maximum absolute atomic E-state index is 11.7. The lowest BCUT2D eigenvalue weighted by Crippen LogP contribution is -2.39. The van der Waals surface area contributed by atoms with E-state index in [1.54, 1.807) is 4.90 Å². The first-order valence-corrected chi connectivity index (χ1v) is 4.68. The molecule has 0 aromatic rings. The molecule has 0 aromatic heterocycles. The van der Waals surface area contributed by atoms with Crippen LogP contribution in [-0.2, 0) is 4.79 Å². The number of likely N-dealkylation sites (tertiary alicyclic amines) is 1. The van der Waals surface area contributed by atoms with Crippen molar-refractivity contribution in [1.82, 2.24) is 4.90 Å². The second kappa shape index (κ2) is 3.13. The number of rotatable bonds is 0. The minimum absolute atomic E-state index is 0.157. The molecule has 0 spiro atoms. The summed E-state index contributed by atoms with van der Waals surface area (Å²) in [5.74, 6) is 0.157. The van der Waals surface area contributed by atoms with Gasteiger partial charge in [0, 0.05) is 18.4 Å². The summed E-state index contributed by atoms with van der Waals surface area (Å²) in [6.45, 7) is 6.59. The highest BCUT2D eigenvalue weighted by Gasteiger charge is 2.31. The molecule has 0 unspecified atom stereocenters. The molecule has 1 aliphatic heterocycles. The highest BCUT2D eigenvalue weighted by Crippen LogP contribution is 2.22. The Labute approximate surface area is 78.9 Å². The van der Waals surface area contributed by atoms with Crippen LogP contribution in [0, 0.1) is 5.41 Å². The fraction of sp³-hybridized carbons (Fsp3) is 0.778. The molecule has 0 radical (unpaired) electrons. The molecule has 0 saturated carbocycles. The normalized spacial score (nSPS) is 18.6. The van der Waals surface area contributed by atoms with Gasteiger partial charge in [-0.3, -0.25) is 4.79 Å². The van der Waals surface area contributed by atoms with Crippen LogP contribution >= 0.6 is 12.2 Å². The van der Waals surface area contributed by atoms with Gasteiger partial charge in [-0.2, -0.15) is 0 Å². The number of carbonyl (C=O) groups is 1. The average molecular weight is 185 g/mol. The fourth-order valence-corrected chi connectivity index (χ4v) is 1.59. The molecule has 0 aliphatic carbocycles. The minimum Gasteiger partial charge on any atom is -0.306 e. The van der Waals surface area contributed by atoms with Gasteiger partial charge in [0.15, 0.2) is 0 Å². The van der Waals surface area contributed by atoms with E-state index in [0.717, 1.165) is 24.4 Å². The van der Waals surface area contributed by atoms with Gasteiger partial charge in [0.25, 0.3) is 0 Å². The number of hydrogen-bond acceptors (Lipinski definition) is 2. The minimum atomic E-state index is -0.297. The summed E-state index contributed by atoms with van der Waals surface area (Å²) >= 11 is 5.09. The zero-order valence-corrected chi connectivity index (χ0v) is 8.70. The van der Waals surface area contributed by atoms with E-state index in [2.05, 4.69) is 0 Å². The Morgan fingerprint density at radius 3 is 2.42 bits per heavy atom. The second-order valence-electron chi connectivity index (χ2n) is 4.20. The van der Waals surface area contributed by atoms with E-state index in [4.69, 9.17) is 12.2 Å². The Balaban J connectivity index is 2.71. The van der Waals surface area contributed by atoms with Crippen molar-refractivity contribution in [1.29, 1.82) is 0 Å². The third-order valence-electron chi connectivity index (χ3n) is 1.96. The number of hydrogen-bond donors (Lipinski definition) is 0. The van der Waals surface area contributed by atoms with E-state index in [1.165, 1.54) is 0 Å². The van der Waals surface area contributed by atoms with Crippen molar-refractivity contribution in [3.05, 3.63) is 0 Å². The van der Waals surface area contributed by atoms with Crippen molar-refractivity contribution in [2.45, 2.75) is 33.6 Å². The molecule has 12 heavy (non-hydrogen) atoms. The molecular weight excluding hydrogens is 170 g/mol. The molecule has 3 heteroatoms. The molecule has 0 N–H and O–H groups in total. The maximum Gasteiger partial charge on any atom is 0.232 e. The van der Waals surface area contributed by atoms with Gasteiger partial charge in [0.1, 0.15) is 0 Å². The first kappa shape index (κ1) is 9.65. The van der Waals surface area contributed by atoms with Crippen molar-refractivity contribution in [3.8, 4) is 0 Å². The zero-order chi connectivity index (χ0) is 9.35. The predicted octanol–water partition coefficient (Wildman–Crippen LogP) is 1.98. The summed E-state index contributed by atoms with van der Waals surface area (Å²) in [5, 5.41) is 0. The van der Waals surface area contributed by atoms with Crippen molar-refractivity contribution in [3.63, 3.8) is 0 Å². The molecule has 1 heterocycles. The Bertz CT molecular complexity index is 217. The quantitative estimate of drug-likeness (QED) is 0.538. The molecule has 68 valence electrons. The molecule has 1 saturated heterocycles. The van der Waals surface area contributed by atoms with Crippen LogP contribution in [0.2, 0.25) is 0 Å². The molecular formula is C9H15NOS. The molecule has 1 rings (SSSR count). The van der Waals surface area contributed by atoms with E-state index < -0.39 is 0 Å². The number of thiocarbonyl (C=S) groups is 1. The van der Waals surface area contributed by atoms with Crippen molar-refractivity contribution < 1.29 is 4.79 Å². The van der Waals surface area contributed by atoms with Crippen LogP contribution in [0.1, 0.15) is 33.6 Å². The van der Waals surface area contributed by atoms with Crippen LogP contribution in [-0.4, -0.2) is 22.3 Å². The largest absolute Gasteiger partial charge is 0.306 e. The number of amides is 1. The second-order valence-corrected chi connectivity index (χ2v) is 4.68. The lowest BCUT2D eigenvalue weighted by molar-refractivity contribution is -0.134. The molecule has 1 amide bonds. The summed E-state index contributed by atoms with van der Waals surface area (Å²) in [7, 11) is 0. The number of nitrogens with zero attached hydrogens (tertiary/aromatic N) is 1. The summed E-state index contributed by atoms with van der Waals surface area (Å²) in [5.41, 5.74) is -0.297. The van der Waals surface area contributed by atoms with Gasteiger partial charge >= 0.3 is 0 Å². The van der Waals surface area contributed by atoms with E-state index in [9.17, 15) is 4.79 Å². The Kier molecular flexibility index (Phi) is 2.52. The Morgan fingerprint density at radius 1 is 1.50 bits per heavy atom. The lowest BCUT2D eigenvalue weighted by atomic mass is 9.95. The third kappa shape index (κ3) is 1.83. The van der Waals surface area contributed by atoms with Crippen molar-refractivity contribution in [2.24, 2.45) is 5.41 Å². The first-order chi connectivity index (χ1) is 5.43. The first-order valence-electron chi connectivity index (χ1n) is 4.28. The predicted molar refractivity (Wildman–Crippen MR) is 53.0 cm³/mol. The topological polar surface area (TPSA) is 20.3 Å². The van der Waals surface area contributed by atoms with Gasteiger partial charge in [0.05, 0.1) is 4.99 Å². The van der Waals surface area contributed by atoms with Gasteiger partial charge in [-0.05, 0) is 6.42 Å². The maximum atomic E-state index is 11.7. The monoisotopic (exact) mass is 185 g/mol. The van der Waals surface area contributed by atoms with Gasteiger partial charge in [0.2, 0.25) is 5.91 Å². The third-order valence-corrected chi connectivity index (χ3v) is 2.38. The zero-order valence-electron chi connectivity index (χ0n) is 7.89. The van der Waals surface area contributed by atoms with Gasteiger partial charge in [-0.15, -0.1) is 0 Å². The highest BCUT2D eigenvalue weighted by atomic mass is 32.1. The van der Waals surface area contributed by atoms with Crippen LogP contribution < -0.4 is 0 Å². The van der Waals surface area contributed by atoms with Gasteiger partial charge < -0.3 is 4.90 Å². The molecule has 2 nitrogen and oxygen atoms in total. The summed E-state index contributed by atoms with van der Waals surface area (Å²) in [6, 6.07) is 0. The molecule has 0 bridgehead atoms. The van der Waals surface area contributed by atoms with Crippen LogP contribution in [0.5, 0.6) is 0 Å². The standard InChI is InChI=1S/C9H15NOS/c1-9(2,3)8(11)10-6-4-5-7(10)12/h4-6H2,1-3H3. The summed E-state index contributed by atoms with van der Waals surface area (Å²) in [4.78, 5) is 14.3. The van der Waals surface area contributed by atoms with E-state index >= 15 is 0 Å². The van der Waals surface area contributed by atoms with Gasteiger partial charge in [-0.1, -0.05) is 33.0 Å². The van der Waals surface area contributed by atoms with Crippen molar-refractivity contribution in [2.75, 3.05) is 6.54 Å². The van der Waals surface area contributed by atoms with Crippen LogP contribution in [0.4, 0.5) is 0 Å². The van der Waals surface area contributed by atoms with Crippen LogP contribution in [0.25, 0.3) is 0 Å². The van der Waals surface area contributed by atoms with E-state index in [0.29, 0.717) is 0 Å². The summed E-state index contributed by atoms with van der Waals surface area (Å²) < 4.78 is 0. The molecule has 1 fully saturated rings. The lowest BCUT2D eigenvalue weighted by Gasteiger charge is -2.25. The van der Waals surface area contributed by atoms with Crippen LogP contribution in [0.15, 0.2) is 0 Å². The van der Waals surface area contributed by atoms with Crippen molar-refractivity contribution >= 4 is 23.1 Å². The number of carbonyl (C=O) groups excluding carboxylic acids is 1. The fourth-order valence-electron chi connectivity index (χ4n) is 1.27. The Morgan fingerprint density at radius 2 is 2.08 bits per heavy atom. The van der Waals surface area contributed by atoms with E-state index in [1.807, 2.05) is 20.8 Å². The van der Waals surface area contributed by atoms with Crippen LogP contribution in [0.3, 0.4) is 0 Å². The average Bonchev–Trinajstić information content (AvgIpc) is 2.31.